The minimum Gasteiger partial charge on any atom is -0.306 e. The molecule has 2 heterocycles. The van der Waals surface area contributed by atoms with Gasteiger partial charge in [-0.3, -0.25) is 4.79 Å². The number of hydrogen-bond donors (Lipinski definition) is 1. The van der Waals surface area contributed by atoms with Crippen molar-refractivity contribution in [3.8, 4) is 11.4 Å². The third-order valence-corrected chi connectivity index (χ3v) is 3.52. The quantitative estimate of drug-likeness (QED) is 0.713. The third-order valence-electron chi connectivity index (χ3n) is 2.57. The van der Waals surface area contributed by atoms with Crippen molar-refractivity contribution in [2.24, 2.45) is 0 Å². The minimum atomic E-state index is -0.0711. The van der Waals surface area contributed by atoms with Crippen LogP contribution in [0.5, 0.6) is 0 Å². The average Bonchev–Trinajstić information content (AvgIpc) is 2.71. The molecule has 0 bridgehead atoms. The molecule has 1 N–H and O–H groups in total. The van der Waals surface area contributed by atoms with E-state index in [0.717, 1.165) is 15.3 Å². The Balaban J connectivity index is 2.29. The van der Waals surface area contributed by atoms with E-state index in [1.54, 1.807) is 11.3 Å². The molecule has 0 radical (unpaired) electrons. The molecule has 3 aromatic rings. The number of thiophene rings is 1. The van der Waals surface area contributed by atoms with Crippen LogP contribution in [0.25, 0.3) is 21.6 Å². The fraction of sp³-hybridized carbons (Fsp3) is 0.0769. The Bertz CT molecular complexity index is 728. The second-order valence-electron chi connectivity index (χ2n) is 3.86. The first-order valence-electron chi connectivity index (χ1n) is 5.30. The van der Waals surface area contributed by atoms with Crippen molar-refractivity contribution in [1.82, 2.24) is 9.97 Å². The molecule has 0 atom stereocenters. The van der Waals surface area contributed by atoms with Crippen LogP contribution in [0.15, 0.2) is 41.2 Å². The number of hydrogen-bond acceptors (Lipinski definition) is 3. The molecule has 0 saturated carbocycles. The highest BCUT2D eigenvalue weighted by atomic mass is 32.1. The van der Waals surface area contributed by atoms with Crippen molar-refractivity contribution in [3.05, 3.63) is 51.6 Å². The molecule has 0 spiro atoms. The lowest BCUT2D eigenvalue weighted by molar-refractivity contribution is 1.19. The van der Waals surface area contributed by atoms with Gasteiger partial charge >= 0.3 is 0 Å². The first-order valence-corrected chi connectivity index (χ1v) is 6.11. The Morgan fingerprint density at radius 2 is 2.00 bits per heavy atom. The predicted octanol–water partition coefficient (Wildman–Crippen LogP) is 2.96. The van der Waals surface area contributed by atoms with Gasteiger partial charge in [0.1, 0.15) is 10.7 Å². The first-order chi connectivity index (χ1) is 8.24. The molecule has 3 nitrogen and oxygen atoms in total. The Hall–Kier alpha value is -1.94. The number of aromatic nitrogens is 2. The fourth-order valence-electron chi connectivity index (χ4n) is 1.78. The third kappa shape index (κ3) is 1.76. The summed E-state index contributed by atoms with van der Waals surface area (Å²) in [5, 5.41) is 0.673. The van der Waals surface area contributed by atoms with E-state index in [1.165, 1.54) is 0 Å². The zero-order valence-electron chi connectivity index (χ0n) is 9.23. The molecule has 1 aromatic carbocycles. The molecule has 0 unspecified atom stereocenters. The van der Waals surface area contributed by atoms with Crippen molar-refractivity contribution >= 4 is 21.6 Å². The van der Waals surface area contributed by atoms with Gasteiger partial charge in [0, 0.05) is 10.4 Å². The topological polar surface area (TPSA) is 45.8 Å². The normalized spacial score (nSPS) is 10.9. The highest BCUT2D eigenvalue weighted by Crippen LogP contribution is 2.22. The minimum absolute atomic E-state index is 0.0711. The molecule has 0 aliphatic carbocycles. The van der Waals surface area contributed by atoms with E-state index in [0.29, 0.717) is 11.2 Å². The van der Waals surface area contributed by atoms with Crippen LogP contribution in [0.4, 0.5) is 0 Å². The number of aromatic amines is 1. The average molecular weight is 242 g/mol. The molecule has 0 aliphatic heterocycles. The lowest BCUT2D eigenvalue weighted by atomic mass is 10.2. The van der Waals surface area contributed by atoms with Crippen molar-refractivity contribution < 1.29 is 0 Å². The molecular formula is C13H10N2OS. The lowest BCUT2D eigenvalue weighted by Crippen LogP contribution is -2.07. The molecule has 4 heteroatoms. The maximum Gasteiger partial charge on any atom is 0.259 e. The summed E-state index contributed by atoms with van der Waals surface area (Å²) in [4.78, 5) is 21.1. The van der Waals surface area contributed by atoms with Crippen LogP contribution < -0.4 is 5.56 Å². The molecule has 3 rings (SSSR count). The summed E-state index contributed by atoms with van der Waals surface area (Å²) < 4.78 is 0. The number of rotatable bonds is 1. The zero-order valence-corrected chi connectivity index (χ0v) is 10.0. The molecule has 0 saturated heterocycles. The second kappa shape index (κ2) is 3.82. The van der Waals surface area contributed by atoms with Gasteiger partial charge in [0.05, 0.1) is 5.39 Å². The van der Waals surface area contributed by atoms with Gasteiger partial charge in [-0.15, -0.1) is 11.3 Å². The van der Waals surface area contributed by atoms with E-state index in [4.69, 9.17) is 0 Å². The van der Waals surface area contributed by atoms with Gasteiger partial charge in [0.15, 0.2) is 0 Å². The van der Waals surface area contributed by atoms with E-state index in [1.807, 2.05) is 43.3 Å². The van der Waals surface area contributed by atoms with Crippen LogP contribution in [0.2, 0.25) is 0 Å². The number of fused-ring (bicyclic) bond motifs is 1. The van der Waals surface area contributed by atoms with Crippen molar-refractivity contribution in [2.45, 2.75) is 6.92 Å². The first kappa shape index (κ1) is 10.2. The number of H-pyrrole nitrogens is 1. The standard InChI is InChI=1S/C13H10N2OS/c1-8-7-10-12(16)14-11(15-13(10)17-8)9-5-3-2-4-6-9/h2-7H,1H3,(H,14,15,16). The van der Waals surface area contributed by atoms with Crippen LogP contribution in [-0.4, -0.2) is 9.97 Å². The Kier molecular flexibility index (Phi) is 2.30. The summed E-state index contributed by atoms with van der Waals surface area (Å²) in [6.07, 6.45) is 0. The molecule has 84 valence electrons. The van der Waals surface area contributed by atoms with Gasteiger partial charge in [-0.1, -0.05) is 30.3 Å². The monoisotopic (exact) mass is 242 g/mol. The Labute approximate surface area is 102 Å². The molecule has 2 aromatic heterocycles. The summed E-state index contributed by atoms with van der Waals surface area (Å²) in [6, 6.07) is 11.5. The van der Waals surface area contributed by atoms with E-state index >= 15 is 0 Å². The van der Waals surface area contributed by atoms with Gasteiger partial charge in [-0.05, 0) is 13.0 Å². The van der Waals surface area contributed by atoms with E-state index in [9.17, 15) is 4.79 Å². The smallest absolute Gasteiger partial charge is 0.259 e. The molecular weight excluding hydrogens is 232 g/mol. The van der Waals surface area contributed by atoms with Crippen LogP contribution in [0.3, 0.4) is 0 Å². The summed E-state index contributed by atoms with van der Waals surface area (Å²) in [7, 11) is 0. The Morgan fingerprint density at radius 3 is 2.76 bits per heavy atom. The van der Waals surface area contributed by atoms with Gasteiger partial charge < -0.3 is 4.98 Å². The summed E-state index contributed by atoms with van der Waals surface area (Å²) in [5.74, 6) is 0.630. The number of nitrogens with one attached hydrogen (secondary N) is 1. The highest BCUT2D eigenvalue weighted by Gasteiger charge is 2.07. The van der Waals surface area contributed by atoms with E-state index in [2.05, 4.69) is 9.97 Å². The SMILES string of the molecule is Cc1cc2c(=O)[nH]c(-c3ccccc3)nc2s1. The summed E-state index contributed by atoms with van der Waals surface area (Å²) >= 11 is 1.54. The van der Waals surface area contributed by atoms with Crippen LogP contribution in [0.1, 0.15) is 4.88 Å². The Morgan fingerprint density at radius 1 is 1.24 bits per heavy atom. The lowest BCUT2D eigenvalue weighted by Gasteiger charge is -1.99. The van der Waals surface area contributed by atoms with E-state index in [-0.39, 0.29) is 5.56 Å². The predicted molar refractivity (Wildman–Crippen MR) is 70.4 cm³/mol. The fourth-order valence-corrected chi connectivity index (χ4v) is 2.67. The molecule has 0 fully saturated rings. The zero-order chi connectivity index (χ0) is 11.8. The van der Waals surface area contributed by atoms with Crippen molar-refractivity contribution in [1.29, 1.82) is 0 Å². The summed E-state index contributed by atoms with van der Waals surface area (Å²) in [6.45, 7) is 1.98. The maximum atomic E-state index is 11.9. The molecule has 0 amide bonds. The van der Waals surface area contributed by atoms with Crippen molar-refractivity contribution in [2.75, 3.05) is 0 Å². The largest absolute Gasteiger partial charge is 0.306 e. The van der Waals surface area contributed by atoms with Gasteiger partial charge in [-0.2, -0.15) is 0 Å². The van der Waals surface area contributed by atoms with Crippen molar-refractivity contribution in [3.63, 3.8) is 0 Å². The van der Waals surface area contributed by atoms with E-state index < -0.39 is 0 Å². The van der Waals surface area contributed by atoms with Crippen LogP contribution >= 0.6 is 11.3 Å². The number of benzene rings is 1. The molecule has 17 heavy (non-hydrogen) atoms. The molecule has 0 aliphatic rings. The van der Waals surface area contributed by atoms with Gasteiger partial charge in [0.25, 0.3) is 5.56 Å². The number of nitrogens with zero attached hydrogens (tertiary/aromatic N) is 1. The highest BCUT2D eigenvalue weighted by molar-refractivity contribution is 7.18. The second-order valence-corrected chi connectivity index (χ2v) is 5.09. The van der Waals surface area contributed by atoms with Crippen LogP contribution in [-0.2, 0) is 0 Å². The van der Waals surface area contributed by atoms with Crippen LogP contribution in [0, 0.1) is 6.92 Å². The maximum absolute atomic E-state index is 11.9. The number of aryl methyl sites for hydroxylation is 1. The summed E-state index contributed by atoms with van der Waals surface area (Å²) in [5.41, 5.74) is 0.857. The van der Waals surface area contributed by atoms with Gasteiger partial charge in [-0.25, -0.2) is 4.98 Å². The van der Waals surface area contributed by atoms with Gasteiger partial charge in [0.2, 0.25) is 0 Å².